The lowest BCUT2D eigenvalue weighted by Crippen LogP contribution is -2.23. The fourth-order valence-corrected chi connectivity index (χ4v) is 1.61. The van der Waals surface area contributed by atoms with Crippen LogP contribution in [0.3, 0.4) is 0 Å². The third kappa shape index (κ3) is 3.99. The Balaban J connectivity index is 1.93. The van der Waals surface area contributed by atoms with Crippen LogP contribution in [-0.4, -0.2) is 36.9 Å². The molecular formula is C11H9ClN6O4. The molecule has 0 saturated carbocycles. The third-order valence-corrected chi connectivity index (χ3v) is 2.61. The smallest absolute Gasteiger partial charge is 0.490 e. The van der Waals surface area contributed by atoms with Crippen molar-refractivity contribution in [1.82, 2.24) is 20.2 Å². The van der Waals surface area contributed by atoms with Crippen LogP contribution in [0.4, 0.5) is 5.95 Å². The summed E-state index contributed by atoms with van der Waals surface area (Å²) >= 11 is 5.76. The van der Waals surface area contributed by atoms with E-state index < -0.39 is 16.8 Å². The fourth-order valence-electron chi connectivity index (χ4n) is 1.43. The fraction of sp³-hybridized carbons (Fsp3) is 0.0909. The van der Waals surface area contributed by atoms with Crippen molar-refractivity contribution in [1.29, 1.82) is 0 Å². The number of nitrogens with zero attached hydrogens (tertiary/aromatic N) is 5. The van der Waals surface area contributed by atoms with E-state index in [4.69, 9.17) is 11.6 Å². The van der Waals surface area contributed by atoms with E-state index in [1.807, 2.05) is 0 Å². The first-order chi connectivity index (χ1) is 10.5. The summed E-state index contributed by atoms with van der Waals surface area (Å²) < 4.78 is 1.000. The van der Waals surface area contributed by atoms with E-state index in [1.165, 1.54) is 24.4 Å². The van der Waals surface area contributed by atoms with E-state index in [-0.39, 0.29) is 12.3 Å². The van der Waals surface area contributed by atoms with Crippen LogP contribution >= 0.6 is 11.6 Å². The molecule has 11 heteroatoms. The minimum absolute atomic E-state index is 0.0469. The molecule has 0 fully saturated rings. The molecule has 114 valence electrons. The van der Waals surface area contributed by atoms with E-state index >= 15 is 0 Å². The van der Waals surface area contributed by atoms with E-state index in [0.717, 1.165) is 11.0 Å². The van der Waals surface area contributed by atoms with Crippen molar-refractivity contribution in [3.05, 3.63) is 45.2 Å². The van der Waals surface area contributed by atoms with Gasteiger partial charge in [0.25, 0.3) is 5.91 Å². The highest BCUT2D eigenvalue weighted by Crippen LogP contribution is 2.19. The molecule has 1 aromatic carbocycles. The summed E-state index contributed by atoms with van der Waals surface area (Å²) in [4.78, 5) is 24.6. The van der Waals surface area contributed by atoms with E-state index in [0.29, 0.717) is 10.6 Å². The molecule has 0 spiro atoms. The number of phenolic OH excluding ortho intramolecular Hbond substituents is 1. The molecule has 10 nitrogen and oxygen atoms in total. The summed E-state index contributed by atoms with van der Waals surface area (Å²) in [7, 11) is 0. The van der Waals surface area contributed by atoms with Gasteiger partial charge in [0.2, 0.25) is 6.33 Å². The molecule has 0 aliphatic carbocycles. The van der Waals surface area contributed by atoms with E-state index in [2.05, 4.69) is 20.6 Å². The number of benzene rings is 1. The molecule has 0 saturated heterocycles. The number of hydrazone groups is 1. The van der Waals surface area contributed by atoms with Crippen LogP contribution in [0.5, 0.6) is 5.75 Å². The zero-order chi connectivity index (χ0) is 16.1. The van der Waals surface area contributed by atoms with Gasteiger partial charge in [0.1, 0.15) is 12.3 Å². The number of hydrogen-bond donors (Lipinski definition) is 2. The molecule has 2 rings (SSSR count). The van der Waals surface area contributed by atoms with Gasteiger partial charge in [-0.05, 0) is 23.1 Å². The number of carbonyl (C=O) groups excluding carboxylic acids is 1. The molecule has 0 bridgehead atoms. The van der Waals surface area contributed by atoms with Crippen LogP contribution < -0.4 is 5.43 Å². The first kappa shape index (κ1) is 15.4. The van der Waals surface area contributed by atoms with Crippen LogP contribution in [0.25, 0.3) is 0 Å². The normalized spacial score (nSPS) is 10.8. The lowest BCUT2D eigenvalue weighted by Gasteiger charge is -2.00. The van der Waals surface area contributed by atoms with Crippen molar-refractivity contribution in [3.8, 4) is 5.75 Å². The van der Waals surface area contributed by atoms with Crippen molar-refractivity contribution in [2.45, 2.75) is 6.54 Å². The monoisotopic (exact) mass is 324 g/mol. The number of phenols is 1. The summed E-state index contributed by atoms with van der Waals surface area (Å²) in [5.41, 5.74) is 2.51. The number of nitrogens with one attached hydrogen (secondary N) is 1. The van der Waals surface area contributed by atoms with Gasteiger partial charge in [-0.1, -0.05) is 16.6 Å². The summed E-state index contributed by atoms with van der Waals surface area (Å²) in [6.07, 6.45) is 2.27. The molecular weight excluding hydrogens is 316 g/mol. The maximum Gasteiger partial charge on any atom is 0.490 e. The number of carbonyl (C=O) groups is 1. The average molecular weight is 325 g/mol. The van der Waals surface area contributed by atoms with Gasteiger partial charge in [-0.15, -0.1) is 0 Å². The number of hydrogen-bond acceptors (Lipinski definition) is 7. The van der Waals surface area contributed by atoms with Crippen molar-refractivity contribution in [2.75, 3.05) is 0 Å². The number of amides is 1. The Hall–Kier alpha value is -3.01. The highest BCUT2D eigenvalue weighted by Gasteiger charge is 2.14. The molecule has 22 heavy (non-hydrogen) atoms. The molecule has 1 heterocycles. The second-order valence-electron chi connectivity index (χ2n) is 4.00. The predicted octanol–water partition coefficient (Wildman–Crippen LogP) is 0.696. The molecule has 0 atom stereocenters. The van der Waals surface area contributed by atoms with Gasteiger partial charge >= 0.3 is 5.95 Å². The topological polar surface area (TPSA) is 136 Å². The maximum absolute atomic E-state index is 11.6. The summed E-state index contributed by atoms with van der Waals surface area (Å²) in [6, 6.07) is 4.36. The molecule has 0 radical (unpaired) electrons. The summed E-state index contributed by atoms with van der Waals surface area (Å²) in [6.45, 7) is -0.292. The lowest BCUT2D eigenvalue weighted by molar-refractivity contribution is -0.394. The minimum Gasteiger partial charge on any atom is -0.507 e. The van der Waals surface area contributed by atoms with Crippen LogP contribution in [0.2, 0.25) is 5.02 Å². The van der Waals surface area contributed by atoms with Gasteiger partial charge in [-0.3, -0.25) is 4.79 Å². The van der Waals surface area contributed by atoms with Crippen molar-refractivity contribution in [2.24, 2.45) is 5.10 Å². The molecule has 1 amide bonds. The van der Waals surface area contributed by atoms with E-state index in [9.17, 15) is 20.0 Å². The second-order valence-corrected chi connectivity index (χ2v) is 4.43. The highest BCUT2D eigenvalue weighted by atomic mass is 35.5. The molecule has 0 aliphatic heterocycles. The minimum atomic E-state index is -0.769. The largest absolute Gasteiger partial charge is 0.507 e. The summed E-state index contributed by atoms with van der Waals surface area (Å²) in [5.74, 6) is -1.22. The van der Waals surface area contributed by atoms with Crippen LogP contribution in [0, 0.1) is 10.1 Å². The highest BCUT2D eigenvalue weighted by molar-refractivity contribution is 6.30. The first-order valence-electron chi connectivity index (χ1n) is 5.80. The maximum atomic E-state index is 11.6. The SMILES string of the molecule is O=C(Cn1cnc([N+](=O)[O-])n1)N/N=C/c1cc(Cl)ccc1O. The lowest BCUT2D eigenvalue weighted by atomic mass is 10.2. The Labute approximate surface area is 128 Å². The van der Waals surface area contributed by atoms with Gasteiger partial charge in [0.05, 0.1) is 6.21 Å². The number of rotatable bonds is 5. The van der Waals surface area contributed by atoms with Gasteiger partial charge in [0.15, 0.2) is 0 Å². The third-order valence-electron chi connectivity index (χ3n) is 2.38. The molecule has 0 aliphatic rings. The van der Waals surface area contributed by atoms with Crippen molar-refractivity contribution >= 4 is 29.7 Å². The van der Waals surface area contributed by atoms with Crippen LogP contribution in [-0.2, 0) is 11.3 Å². The standard InChI is InChI=1S/C11H9ClN6O4/c12-8-1-2-9(19)7(3-8)4-14-15-10(20)5-17-6-13-11(16-17)18(21)22/h1-4,6,19H,5H2,(H,15,20)/b14-4+. The Morgan fingerprint density at radius 2 is 2.36 bits per heavy atom. The second kappa shape index (κ2) is 6.63. The Kier molecular flexibility index (Phi) is 4.63. The Bertz CT molecular complexity index is 744. The van der Waals surface area contributed by atoms with Gasteiger partial charge in [-0.25, -0.2) is 5.43 Å². The Morgan fingerprint density at radius 1 is 1.59 bits per heavy atom. The zero-order valence-electron chi connectivity index (χ0n) is 10.9. The molecule has 0 unspecified atom stereocenters. The molecule has 2 N–H and O–H groups in total. The molecule has 1 aromatic heterocycles. The van der Waals surface area contributed by atoms with Gasteiger partial charge in [-0.2, -0.15) is 9.78 Å². The number of aromatic hydroxyl groups is 1. The quantitative estimate of drug-likeness (QED) is 0.472. The Morgan fingerprint density at radius 3 is 3.05 bits per heavy atom. The van der Waals surface area contributed by atoms with Crippen molar-refractivity contribution in [3.63, 3.8) is 0 Å². The zero-order valence-corrected chi connectivity index (χ0v) is 11.6. The van der Waals surface area contributed by atoms with Crippen LogP contribution in [0.15, 0.2) is 29.6 Å². The average Bonchev–Trinajstić information content (AvgIpc) is 2.91. The first-order valence-corrected chi connectivity index (χ1v) is 6.18. The predicted molar refractivity (Wildman–Crippen MR) is 75.5 cm³/mol. The van der Waals surface area contributed by atoms with Crippen LogP contribution in [0.1, 0.15) is 5.56 Å². The van der Waals surface area contributed by atoms with Gasteiger partial charge in [0, 0.05) is 15.7 Å². The number of halogens is 1. The summed E-state index contributed by atoms with van der Waals surface area (Å²) in [5, 5.41) is 27.5. The van der Waals surface area contributed by atoms with E-state index in [1.54, 1.807) is 0 Å². The number of nitro groups is 1. The van der Waals surface area contributed by atoms with Gasteiger partial charge < -0.3 is 15.2 Å². The number of aromatic nitrogens is 3. The molecule has 2 aromatic rings. The van der Waals surface area contributed by atoms with Crippen molar-refractivity contribution < 1.29 is 14.8 Å².